The van der Waals surface area contributed by atoms with Crippen molar-refractivity contribution in [1.29, 1.82) is 0 Å². The number of pyridine rings is 1. The second kappa shape index (κ2) is 5.57. The molecule has 6 heteroatoms. The minimum Gasteiger partial charge on any atom is -0.465 e. The monoisotopic (exact) mass is 287 g/mol. The first-order chi connectivity index (χ1) is 10.2. The van der Waals surface area contributed by atoms with Crippen LogP contribution in [0, 0.1) is 0 Å². The Bertz CT molecular complexity index is 687. The Morgan fingerprint density at radius 2 is 2.19 bits per heavy atom. The van der Waals surface area contributed by atoms with E-state index in [1.807, 2.05) is 24.3 Å². The van der Waals surface area contributed by atoms with Gasteiger partial charge in [-0.25, -0.2) is 4.79 Å². The summed E-state index contributed by atoms with van der Waals surface area (Å²) >= 11 is 0. The van der Waals surface area contributed by atoms with Crippen molar-refractivity contribution >= 4 is 22.7 Å². The molecule has 0 unspecified atom stereocenters. The molecule has 0 bridgehead atoms. The number of carboxylic acid groups (broad SMARTS) is 1. The Morgan fingerprint density at radius 3 is 2.95 bits per heavy atom. The molecule has 3 N–H and O–H groups in total. The van der Waals surface area contributed by atoms with Crippen LogP contribution in [0.1, 0.15) is 11.3 Å². The fourth-order valence-corrected chi connectivity index (χ4v) is 2.74. The Morgan fingerprint density at radius 1 is 1.38 bits per heavy atom. The Labute approximate surface area is 122 Å². The maximum absolute atomic E-state index is 11.2. The summed E-state index contributed by atoms with van der Waals surface area (Å²) in [5.74, 6) is 0. The smallest absolute Gasteiger partial charge is 0.407 e. The molecule has 2 heterocycles. The van der Waals surface area contributed by atoms with Gasteiger partial charge < -0.3 is 20.4 Å². The van der Waals surface area contributed by atoms with E-state index in [4.69, 9.17) is 5.11 Å². The van der Waals surface area contributed by atoms with Crippen LogP contribution in [-0.4, -0.2) is 45.9 Å². The van der Waals surface area contributed by atoms with Crippen molar-refractivity contribution in [2.24, 2.45) is 0 Å². The Hall–Kier alpha value is -2.34. The maximum Gasteiger partial charge on any atom is 0.407 e. The van der Waals surface area contributed by atoms with Gasteiger partial charge in [0.15, 0.2) is 0 Å². The number of aromatic nitrogens is 1. The van der Waals surface area contributed by atoms with Crippen molar-refractivity contribution in [2.45, 2.75) is 13.0 Å². The summed E-state index contributed by atoms with van der Waals surface area (Å²) < 4.78 is 0. The quantitative estimate of drug-likeness (QED) is 0.799. The van der Waals surface area contributed by atoms with Crippen LogP contribution in [0.25, 0.3) is 10.9 Å². The number of aliphatic hydroxyl groups excluding tert-OH is 1. The fraction of sp³-hybridized carbons (Fsp3) is 0.333. The van der Waals surface area contributed by atoms with E-state index < -0.39 is 6.09 Å². The number of aliphatic hydroxyl groups is 1. The number of nitrogens with zero attached hydrogens (tertiary/aromatic N) is 2. The zero-order valence-corrected chi connectivity index (χ0v) is 11.5. The molecule has 0 aliphatic carbocycles. The van der Waals surface area contributed by atoms with Crippen LogP contribution in [0.5, 0.6) is 0 Å². The van der Waals surface area contributed by atoms with E-state index in [1.165, 1.54) is 4.90 Å². The van der Waals surface area contributed by atoms with E-state index in [0.717, 1.165) is 27.8 Å². The first-order valence-corrected chi connectivity index (χ1v) is 6.94. The highest BCUT2D eigenvalue weighted by molar-refractivity contribution is 5.93. The third-order valence-corrected chi connectivity index (χ3v) is 3.73. The van der Waals surface area contributed by atoms with E-state index in [2.05, 4.69) is 10.3 Å². The molecule has 1 aromatic carbocycles. The largest absolute Gasteiger partial charge is 0.465 e. The lowest BCUT2D eigenvalue weighted by Gasteiger charge is -2.28. The van der Waals surface area contributed by atoms with E-state index in [9.17, 15) is 9.90 Å². The van der Waals surface area contributed by atoms with Crippen LogP contribution in [0.15, 0.2) is 24.3 Å². The molecule has 1 aromatic heterocycles. The third kappa shape index (κ3) is 2.50. The molecule has 110 valence electrons. The molecule has 21 heavy (non-hydrogen) atoms. The van der Waals surface area contributed by atoms with Gasteiger partial charge >= 0.3 is 6.09 Å². The van der Waals surface area contributed by atoms with Gasteiger partial charge in [0.1, 0.15) is 0 Å². The summed E-state index contributed by atoms with van der Waals surface area (Å²) in [6, 6.07) is 7.77. The van der Waals surface area contributed by atoms with E-state index in [0.29, 0.717) is 26.1 Å². The maximum atomic E-state index is 11.2. The first-order valence-electron chi connectivity index (χ1n) is 6.94. The molecule has 1 aliphatic rings. The summed E-state index contributed by atoms with van der Waals surface area (Å²) in [6.07, 6.45) is -0.304. The number of hydrogen-bond acceptors (Lipinski definition) is 4. The van der Waals surface area contributed by atoms with Gasteiger partial charge in [0.05, 0.1) is 24.4 Å². The van der Waals surface area contributed by atoms with Gasteiger partial charge in [-0.15, -0.1) is 0 Å². The molecular weight excluding hydrogens is 270 g/mol. The highest BCUT2D eigenvalue weighted by Crippen LogP contribution is 2.32. The highest BCUT2D eigenvalue weighted by atomic mass is 16.4. The van der Waals surface area contributed by atoms with Gasteiger partial charge in [-0.05, 0) is 6.07 Å². The fourth-order valence-electron chi connectivity index (χ4n) is 2.74. The van der Waals surface area contributed by atoms with Crippen LogP contribution in [0.3, 0.4) is 0 Å². The first kappa shape index (κ1) is 13.6. The minimum atomic E-state index is -0.915. The normalized spacial score (nSPS) is 14.0. The lowest BCUT2D eigenvalue weighted by atomic mass is 10.00. The summed E-state index contributed by atoms with van der Waals surface area (Å²) in [4.78, 5) is 17.2. The number of benzene rings is 1. The lowest BCUT2D eigenvalue weighted by Crippen LogP contribution is -2.35. The van der Waals surface area contributed by atoms with Crippen LogP contribution in [0.2, 0.25) is 0 Å². The van der Waals surface area contributed by atoms with Crippen molar-refractivity contribution < 1.29 is 15.0 Å². The van der Waals surface area contributed by atoms with Crippen LogP contribution < -0.4 is 5.32 Å². The molecule has 0 saturated heterocycles. The average Bonchev–Trinajstić information content (AvgIpc) is 2.50. The lowest BCUT2D eigenvalue weighted by molar-refractivity contribution is 0.139. The molecule has 0 saturated carbocycles. The zero-order chi connectivity index (χ0) is 14.8. The summed E-state index contributed by atoms with van der Waals surface area (Å²) in [5, 5.41) is 22.4. The van der Waals surface area contributed by atoms with Crippen molar-refractivity contribution in [3.8, 4) is 0 Å². The number of hydrogen-bond donors (Lipinski definition) is 3. The zero-order valence-electron chi connectivity index (χ0n) is 11.5. The number of amides is 1. The Balaban J connectivity index is 2.13. The molecule has 0 spiro atoms. The molecule has 1 aliphatic heterocycles. The number of anilines is 1. The van der Waals surface area contributed by atoms with Crippen LogP contribution in [0.4, 0.5) is 10.5 Å². The summed E-state index contributed by atoms with van der Waals surface area (Å²) in [7, 11) is 0. The summed E-state index contributed by atoms with van der Waals surface area (Å²) in [5.41, 5.74) is 3.62. The van der Waals surface area contributed by atoms with Crippen molar-refractivity contribution in [1.82, 2.24) is 9.88 Å². The molecule has 6 nitrogen and oxygen atoms in total. The average molecular weight is 287 g/mol. The molecule has 2 aromatic rings. The van der Waals surface area contributed by atoms with Gasteiger partial charge in [0.2, 0.25) is 0 Å². The van der Waals surface area contributed by atoms with Crippen LogP contribution >= 0.6 is 0 Å². The highest BCUT2D eigenvalue weighted by Gasteiger charge is 2.24. The number of para-hydroxylation sites is 1. The number of rotatable bonds is 3. The number of nitrogens with one attached hydrogen (secondary N) is 1. The molecule has 3 rings (SSSR count). The molecule has 0 atom stereocenters. The van der Waals surface area contributed by atoms with Gasteiger partial charge in [-0.2, -0.15) is 0 Å². The van der Waals surface area contributed by atoms with Crippen molar-refractivity contribution in [3.05, 3.63) is 35.5 Å². The van der Waals surface area contributed by atoms with Gasteiger partial charge in [-0.3, -0.25) is 4.98 Å². The SMILES string of the molecule is O=C(O)N1CCc2nc3ccccc3c(NCCO)c2C1. The molecule has 1 amide bonds. The minimum absolute atomic E-state index is 0.0219. The van der Waals surface area contributed by atoms with E-state index >= 15 is 0 Å². The molecule has 0 radical (unpaired) electrons. The molecular formula is C15H17N3O3. The molecule has 0 fully saturated rings. The van der Waals surface area contributed by atoms with Gasteiger partial charge in [-0.1, -0.05) is 18.2 Å². The summed E-state index contributed by atoms with van der Waals surface area (Å²) in [6.45, 7) is 1.24. The van der Waals surface area contributed by atoms with Crippen molar-refractivity contribution in [2.75, 3.05) is 25.0 Å². The second-order valence-electron chi connectivity index (χ2n) is 5.03. The predicted octanol–water partition coefficient (Wildman–Crippen LogP) is 1.68. The standard InChI is InChI=1S/C15H17N3O3/c19-8-6-16-14-10-3-1-2-4-12(10)17-13-5-7-18(15(20)21)9-11(13)14/h1-4,19H,5-9H2,(H,16,17)(H,20,21). The number of carbonyl (C=O) groups is 1. The van der Waals surface area contributed by atoms with Gasteiger partial charge in [0.25, 0.3) is 0 Å². The third-order valence-electron chi connectivity index (χ3n) is 3.73. The van der Waals surface area contributed by atoms with Crippen LogP contribution in [-0.2, 0) is 13.0 Å². The number of fused-ring (bicyclic) bond motifs is 2. The van der Waals surface area contributed by atoms with Crippen molar-refractivity contribution in [3.63, 3.8) is 0 Å². The van der Waals surface area contributed by atoms with Gasteiger partial charge in [0, 0.05) is 36.2 Å². The Kier molecular flexibility index (Phi) is 3.62. The van der Waals surface area contributed by atoms with E-state index in [-0.39, 0.29) is 6.61 Å². The second-order valence-corrected chi connectivity index (χ2v) is 5.03. The predicted molar refractivity (Wildman–Crippen MR) is 79.5 cm³/mol. The topological polar surface area (TPSA) is 85.7 Å². The van der Waals surface area contributed by atoms with E-state index in [1.54, 1.807) is 0 Å².